The lowest BCUT2D eigenvalue weighted by molar-refractivity contribution is 0.224. The summed E-state index contributed by atoms with van der Waals surface area (Å²) in [4.78, 5) is 0.705. The minimum absolute atomic E-state index is 0.538. The number of hydrogen-bond donors (Lipinski definition) is 4. The molecule has 4 nitrogen and oxygen atoms in total. The van der Waals surface area contributed by atoms with Gasteiger partial charge >= 0.3 is 0 Å². The predicted octanol–water partition coefficient (Wildman–Crippen LogP) is 1.29. The maximum atomic E-state index is 5.29. The summed E-state index contributed by atoms with van der Waals surface area (Å²) in [6, 6.07) is 0.538. The first-order chi connectivity index (χ1) is 7.66. The van der Waals surface area contributed by atoms with Crippen LogP contribution in [0.25, 0.3) is 0 Å². The average Bonchev–Trinajstić information content (AvgIpc) is 2.25. The van der Waals surface area contributed by atoms with Crippen molar-refractivity contribution in [3.05, 3.63) is 10.7 Å². The topological polar surface area (TPSA) is 39.3 Å². The van der Waals surface area contributed by atoms with Gasteiger partial charge in [-0.1, -0.05) is 31.5 Å². The highest BCUT2D eigenvalue weighted by atomic mass is 32.1. The SMILES string of the molecule is CN1NC(=S)C(NC2CCCCC2)=C(S)N1. The van der Waals surface area contributed by atoms with Crippen LogP contribution in [0.2, 0.25) is 0 Å². The van der Waals surface area contributed by atoms with Gasteiger partial charge < -0.3 is 5.32 Å². The van der Waals surface area contributed by atoms with Crippen LogP contribution in [0.5, 0.6) is 0 Å². The van der Waals surface area contributed by atoms with Gasteiger partial charge in [0.2, 0.25) is 0 Å². The summed E-state index contributed by atoms with van der Waals surface area (Å²) in [6.45, 7) is 0. The van der Waals surface area contributed by atoms with Gasteiger partial charge in [-0.15, -0.1) is 17.7 Å². The lowest BCUT2D eigenvalue weighted by atomic mass is 9.95. The lowest BCUT2D eigenvalue weighted by Crippen LogP contribution is -2.54. The fraction of sp³-hybridized carbons (Fsp3) is 0.700. The second kappa shape index (κ2) is 5.25. The molecule has 1 heterocycles. The first-order valence-corrected chi connectivity index (χ1v) is 6.53. The smallest absolute Gasteiger partial charge is 0.141 e. The molecule has 0 bridgehead atoms. The molecule has 0 radical (unpaired) electrons. The predicted molar refractivity (Wildman–Crippen MR) is 72.7 cm³/mol. The summed E-state index contributed by atoms with van der Waals surface area (Å²) in [5.41, 5.74) is 7.02. The van der Waals surface area contributed by atoms with E-state index in [0.29, 0.717) is 11.0 Å². The highest BCUT2D eigenvalue weighted by Gasteiger charge is 2.21. The molecule has 0 spiro atoms. The number of nitrogens with zero attached hydrogens (tertiary/aromatic N) is 1. The molecule has 0 amide bonds. The van der Waals surface area contributed by atoms with E-state index >= 15 is 0 Å². The van der Waals surface area contributed by atoms with Crippen LogP contribution in [0.15, 0.2) is 10.7 Å². The fourth-order valence-electron chi connectivity index (χ4n) is 2.14. The van der Waals surface area contributed by atoms with Crippen LogP contribution < -0.4 is 16.2 Å². The van der Waals surface area contributed by atoms with E-state index in [1.165, 1.54) is 32.1 Å². The Bertz CT molecular complexity index is 310. The van der Waals surface area contributed by atoms with E-state index in [0.717, 1.165) is 10.7 Å². The Morgan fingerprint density at radius 3 is 2.62 bits per heavy atom. The molecular weight excluding hydrogens is 240 g/mol. The van der Waals surface area contributed by atoms with Gasteiger partial charge in [-0.05, 0) is 12.8 Å². The number of rotatable bonds is 2. The van der Waals surface area contributed by atoms with E-state index in [9.17, 15) is 0 Å². The molecule has 0 aromatic rings. The molecule has 1 aliphatic heterocycles. The van der Waals surface area contributed by atoms with Crippen molar-refractivity contribution in [1.29, 1.82) is 0 Å². The number of nitrogens with one attached hydrogen (secondary N) is 3. The molecule has 0 atom stereocenters. The third kappa shape index (κ3) is 2.81. The van der Waals surface area contributed by atoms with Gasteiger partial charge in [-0.3, -0.25) is 10.9 Å². The van der Waals surface area contributed by atoms with Gasteiger partial charge in [-0.25, -0.2) is 0 Å². The maximum Gasteiger partial charge on any atom is 0.141 e. The zero-order valence-electron chi connectivity index (χ0n) is 9.42. The number of thiocarbonyl (C=S) groups is 1. The quantitative estimate of drug-likeness (QED) is 0.444. The highest BCUT2D eigenvalue weighted by Crippen LogP contribution is 2.20. The van der Waals surface area contributed by atoms with Crippen molar-refractivity contribution in [3.8, 4) is 0 Å². The molecule has 0 aromatic heterocycles. The molecule has 16 heavy (non-hydrogen) atoms. The van der Waals surface area contributed by atoms with Crippen LogP contribution in [-0.2, 0) is 0 Å². The molecule has 6 heteroatoms. The third-order valence-corrected chi connectivity index (χ3v) is 3.58. The highest BCUT2D eigenvalue weighted by molar-refractivity contribution is 7.85. The van der Waals surface area contributed by atoms with Crippen LogP contribution in [0.1, 0.15) is 32.1 Å². The van der Waals surface area contributed by atoms with Gasteiger partial charge in [0.25, 0.3) is 0 Å². The number of thiol groups is 1. The van der Waals surface area contributed by atoms with Crippen molar-refractivity contribution in [2.24, 2.45) is 0 Å². The van der Waals surface area contributed by atoms with Crippen molar-refractivity contribution in [2.75, 3.05) is 7.05 Å². The van der Waals surface area contributed by atoms with Crippen LogP contribution in [-0.4, -0.2) is 23.2 Å². The third-order valence-electron chi connectivity index (χ3n) is 2.96. The van der Waals surface area contributed by atoms with E-state index in [1.54, 1.807) is 5.12 Å². The Morgan fingerprint density at radius 2 is 2.00 bits per heavy atom. The largest absolute Gasteiger partial charge is 0.378 e. The second-order valence-electron chi connectivity index (χ2n) is 4.31. The van der Waals surface area contributed by atoms with E-state index in [4.69, 9.17) is 12.2 Å². The second-order valence-corrected chi connectivity index (χ2v) is 5.17. The monoisotopic (exact) mass is 258 g/mol. The molecule has 1 fully saturated rings. The molecule has 3 N–H and O–H groups in total. The number of hydrogen-bond acceptors (Lipinski definition) is 5. The Kier molecular flexibility index (Phi) is 3.94. The van der Waals surface area contributed by atoms with Crippen LogP contribution in [0.3, 0.4) is 0 Å². The Balaban J connectivity index is 2.01. The van der Waals surface area contributed by atoms with E-state index in [-0.39, 0.29) is 0 Å². The molecule has 0 saturated heterocycles. The van der Waals surface area contributed by atoms with Gasteiger partial charge in [0.15, 0.2) is 0 Å². The van der Waals surface area contributed by atoms with E-state index in [1.807, 2.05) is 7.05 Å². The van der Waals surface area contributed by atoms with Crippen LogP contribution in [0, 0.1) is 0 Å². The number of hydrazine groups is 2. The summed E-state index contributed by atoms with van der Waals surface area (Å²) in [5, 5.41) is 5.98. The minimum Gasteiger partial charge on any atom is -0.378 e. The molecular formula is C10H18N4S2. The van der Waals surface area contributed by atoms with Gasteiger partial charge in [-0.2, -0.15) is 0 Å². The summed E-state index contributed by atoms with van der Waals surface area (Å²) in [7, 11) is 1.86. The minimum atomic E-state index is 0.538. The zero-order chi connectivity index (χ0) is 11.5. The summed E-state index contributed by atoms with van der Waals surface area (Å²) in [6.07, 6.45) is 6.42. The standard InChI is InChI=1S/C10H18N4S2/c1-14-12-9(15)8(10(16)13-14)11-7-5-3-2-4-6-7/h7,11-12,15H,2-6H2,1H3,(H,13,16). The van der Waals surface area contributed by atoms with Crippen LogP contribution in [0.4, 0.5) is 0 Å². The summed E-state index contributed by atoms with van der Waals surface area (Å²) in [5.74, 6) is 0. The average molecular weight is 258 g/mol. The molecule has 90 valence electrons. The lowest BCUT2D eigenvalue weighted by Gasteiger charge is -2.33. The fourth-order valence-corrected chi connectivity index (χ4v) is 2.84. The summed E-state index contributed by atoms with van der Waals surface area (Å²) >= 11 is 9.70. The zero-order valence-corrected chi connectivity index (χ0v) is 11.1. The molecule has 2 rings (SSSR count). The first kappa shape index (κ1) is 12.0. The Hall–Kier alpha value is -0.460. The Labute approximate surface area is 107 Å². The normalized spacial score (nSPS) is 24.0. The molecule has 0 unspecified atom stereocenters. The first-order valence-electron chi connectivity index (χ1n) is 5.68. The van der Waals surface area contributed by atoms with Gasteiger partial charge in [0.05, 0.1) is 0 Å². The van der Waals surface area contributed by atoms with Gasteiger partial charge in [0.1, 0.15) is 15.7 Å². The molecule has 0 aromatic carbocycles. The van der Waals surface area contributed by atoms with Crippen molar-refractivity contribution < 1.29 is 0 Å². The van der Waals surface area contributed by atoms with Crippen molar-refractivity contribution >= 4 is 29.8 Å². The maximum absolute atomic E-state index is 5.29. The molecule has 1 aliphatic carbocycles. The Morgan fingerprint density at radius 1 is 1.31 bits per heavy atom. The molecule has 2 aliphatic rings. The summed E-state index contributed by atoms with van der Waals surface area (Å²) < 4.78 is 0. The van der Waals surface area contributed by atoms with Crippen molar-refractivity contribution in [1.82, 2.24) is 21.3 Å². The van der Waals surface area contributed by atoms with Crippen molar-refractivity contribution in [2.45, 2.75) is 38.1 Å². The van der Waals surface area contributed by atoms with Crippen LogP contribution >= 0.6 is 24.8 Å². The van der Waals surface area contributed by atoms with E-state index in [2.05, 4.69) is 28.8 Å². The van der Waals surface area contributed by atoms with Crippen molar-refractivity contribution in [3.63, 3.8) is 0 Å². The molecule has 1 saturated carbocycles. The van der Waals surface area contributed by atoms with E-state index < -0.39 is 0 Å². The van der Waals surface area contributed by atoms with Gasteiger partial charge in [0, 0.05) is 13.1 Å².